The first kappa shape index (κ1) is 39.8. The normalized spacial score (nSPS) is 18.1. The van der Waals surface area contributed by atoms with Crippen LogP contribution in [0.25, 0.3) is 11.2 Å². The minimum absolute atomic E-state index is 0.167. The summed E-state index contributed by atoms with van der Waals surface area (Å²) in [6.45, 7) is 11.2. The highest BCUT2D eigenvalue weighted by molar-refractivity contribution is 6.76. The van der Waals surface area contributed by atoms with Crippen LogP contribution in [0.2, 0.25) is 25.7 Å². The Kier molecular flexibility index (Phi) is 13.8. The van der Waals surface area contributed by atoms with E-state index in [-0.39, 0.29) is 37.0 Å². The number of anilines is 2. The number of imidazole rings is 1. The quantitative estimate of drug-likeness (QED) is 0.0619. The molecule has 0 radical (unpaired) electrons. The number of fused-ring (bicyclic) bond motifs is 1. The number of esters is 2. The molecule has 0 fully saturated rings. The summed E-state index contributed by atoms with van der Waals surface area (Å²) >= 11 is 0. The molecule has 15 nitrogen and oxygen atoms in total. The fourth-order valence-electron chi connectivity index (χ4n) is 5.61. The summed E-state index contributed by atoms with van der Waals surface area (Å²) in [5, 5.41) is 8.44. The van der Waals surface area contributed by atoms with Crippen LogP contribution in [0.4, 0.5) is 11.8 Å². The Bertz CT molecular complexity index is 1820. The lowest BCUT2D eigenvalue weighted by atomic mass is 9.78. The number of hydrogen-bond acceptors (Lipinski definition) is 11. The number of nitrogens with zero attached hydrogens (tertiary/aromatic N) is 3. The second kappa shape index (κ2) is 18.0. The van der Waals surface area contributed by atoms with Crippen molar-refractivity contribution in [2.75, 3.05) is 37.3 Å². The summed E-state index contributed by atoms with van der Waals surface area (Å²) in [4.78, 5) is 75.0. The lowest BCUT2D eigenvalue weighted by molar-refractivity contribution is -0.147. The number of ether oxygens (including phenoxy) is 2. The van der Waals surface area contributed by atoms with Crippen LogP contribution in [0.15, 0.2) is 41.2 Å². The van der Waals surface area contributed by atoms with Gasteiger partial charge in [-0.05, 0) is 61.9 Å². The molecule has 3 aromatic rings. The third-order valence-corrected chi connectivity index (χ3v) is 10.7. The van der Waals surface area contributed by atoms with Gasteiger partial charge >= 0.3 is 17.6 Å². The molecule has 0 unspecified atom stereocenters. The van der Waals surface area contributed by atoms with Gasteiger partial charge in [0.2, 0.25) is 11.9 Å². The second-order valence-electron chi connectivity index (χ2n) is 14.6. The summed E-state index contributed by atoms with van der Waals surface area (Å²) in [7, 11) is -1.33. The molecule has 1 aliphatic rings. The van der Waals surface area contributed by atoms with Gasteiger partial charge in [-0.2, -0.15) is 9.97 Å². The molecule has 0 spiro atoms. The van der Waals surface area contributed by atoms with Crippen LogP contribution < -0.4 is 27.4 Å². The van der Waals surface area contributed by atoms with E-state index in [1.165, 1.54) is 4.57 Å². The van der Waals surface area contributed by atoms with Gasteiger partial charge in [0.05, 0.1) is 13.2 Å². The molecule has 4 rings (SSSR count). The predicted molar refractivity (Wildman–Crippen MR) is 202 cm³/mol. The lowest BCUT2D eigenvalue weighted by Gasteiger charge is -2.30. The molecule has 0 aliphatic heterocycles. The van der Waals surface area contributed by atoms with E-state index in [2.05, 4.69) is 57.5 Å². The van der Waals surface area contributed by atoms with E-state index >= 15 is 0 Å². The Morgan fingerprint density at radius 2 is 1.79 bits per heavy atom. The molecular weight excluding hydrogens is 685 g/mol. The Balaban J connectivity index is 1.25. The Hall–Kier alpha value is -4.99. The average Bonchev–Trinajstić information content (AvgIpc) is 3.40. The van der Waals surface area contributed by atoms with Crippen LogP contribution in [0, 0.1) is 5.41 Å². The van der Waals surface area contributed by atoms with Crippen LogP contribution in [0.1, 0.15) is 68.3 Å². The van der Waals surface area contributed by atoms with Gasteiger partial charge in [0, 0.05) is 25.6 Å². The van der Waals surface area contributed by atoms with E-state index in [0.717, 1.165) is 24.4 Å². The summed E-state index contributed by atoms with van der Waals surface area (Å²) in [5.74, 6) is -1.28. The van der Waals surface area contributed by atoms with Crippen LogP contribution in [-0.2, 0) is 30.4 Å². The zero-order chi connectivity index (χ0) is 37.9. The molecule has 0 bridgehead atoms. The van der Waals surface area contributed by atoms with Gasteiger partial charge < -0.3 is 36.1 Å². The van der Waals surface area contributed by atoms with Crippen LogP contribution in [0.5, 0.6) is 0 Å². The van der Waals surface area contributed by atoms with Crippen molar-refractivity contribution in [3.63, 3.8) is 0 Å². The number of aromatic amines is 1. The number of nitrogen functional groups attached to an aromatic ring is 1. The number of benzene rings is 1. The number of carbonyl (C=O) groups excluding carboxylic acids is 4. The predicted octanol–water partition coefficient (Wildman–Crippen LogP) is 3.74. The first-order valence-corrected chi connectivity index (χ1v) is 21.6. The van der Waals surface area contributed by atoms with Crippen molar-refractivity contribution in [2.24, 2.45) is 5.41 Å². The molecule has 1 aromatic carbocycles. The number of allylic oxidation sites excluding steroid dienone is 1. The van der Waals surface area contributed by atoms with E-state index in [1.54, 1.807) is 30.3 Å². The molecule has 282 valence electrons. The minimum atomic E-state index is -1.33. The fourth-order valence-corrected chi connectivity index (χ4v) is 6.32. The van der Waals surface area contributed by atoms with Gasteiger partial charge in [-0.1, -0.05) is 58.1 Å². The third kappa shape index (κ3) is 11.5. The number of carbonyl (C=O) groups is 4. The van der Waals surface area contributed by atoms with Crippen molar-refractivity contribution in [2.45, 2.75) is 90.7 Å². The monoisotopic (exact) mass is 736 g/mol. The van der Waals surface area contributed by atoms with Crippen molar-refractivity contribution in [3.05, 3.63) is 58.0 Å². The SMILES string of the molecule is CCCCNc1nc(N)c2[nH]c(=O)n(Cc3ccc(C(=O)NCC(=O)O[C@H]4/C=C/CC[C@@](C)(C(=O)NCC(=O)OCC[Si](C)(C)C)CC4)cc3)c2n1. The van der Waals surface area contributed by atoms with E-state index in [1.807, 2.05) is 13.0 Å². The molecule has 6 N–H and O–H groups in total. The van der Waals surface area contributed by atoms with E-state index in [0.29, 0.717) is 61.5 Å². The number of nitrogens with one attached hydrogen (secondary N) is 4. The van der Waals surface area contributed by atoms with Crippen molar-refractivity contribution in [1.29, 1.82) is 0 Å². The zero-order valence-corrected chi connectivity index (χ0v) is 31.8. The largest absolute Gasteiger partial charge is 0.465 e. The van der Waals surface area contributed by atoms with Gasteiger partial charge in [0.15, 0.2) is 11.5 Å². The molecular formula is C36H52N8O7Si. The molecule has 52 heavy (non-hydrogen) atoms. The summed E-state index contributed by atoms with van der Waals surface area (Å²) < 4.78 is 12.4. The zero-order valence-electron chi connectivity index (χ0n) is 30.8. The number of amides is 2. The Morgan fingerprint density at radius 3 is 2.50 bits per heavy atom. The molecule has 1 aliphatic carbocycles. The van der Waals surface area contributed by atoms with E-state index in [4.69, 9.17) is 15.2 Å². The average molecular weight is 737 g/mol. The number of rotatable bonds is 16. The standard InChI is InChI=1S/C36H52N8O7Si/c1-6-7-18-38-34-42-30(37)29-31(43-34)44(35(49)41-29)23-24-11-13-25(14-12-24)32(47)39-22-28(46)51-26-10-8-9-16-36(2,17-15-26)33(48)40-21-27(45)50-19-20-52(3,4)5/h8,10-14,26H,6-7,9,15-23H2,1-5H3,(H,39,47)(H,40,48)(H,41,49)(H3,37,38,42,43)/b10-8+/t26-,36+/m0/s1. The number of aromatic nitrogens is 4. The summed E-state index contributed by atoms with van der Waals surface area (Å²) in [5.41, 5.74) is 6.72. The van der Waals surface area contributed by atoms with Crippen molar-refractivity contribution < 1.29 is 28.7 Å². The molecule has 2 amide bonds. The van der Waals surface area contributed by atoms with Crippen molar-refractivity contribution >= 4 is 54.8 Å². The molecule has 0 saturated carbocycles. The maximum atomic E-state index is 13.1. The van der Waals surface area contributed by atoms with Gasteiger partial charge in [0.25, 0.3) is 5.91 Å². The maximum Gasteiger partial charge on any atom is 0.328 e. The van der Waals surface area contributed by atoms with Gasteiger partial charge in [0.1, 0.15) is 24.7 Å². The maximum absolute atomic E-state index is 13.1. The number of H-pyrrole nitrogens is 1. The van der Waals surface area contributed by atoms with Gasteiger partial charge in [-0.15, -0.1) is 0 Å². The highest BCUT2D eigenvalue weighted by Gasteiger charge is 2.34. The smallest absolute Gasteiger partial charge is 0.328 e. The van der Waals surface area contributed by atoms with Crippen LogP contribution in [0.3, 0.4) is 0 Å². The topological polar surface area (TPSA) is 212 Å². The van der Waals surface area contributed by atoms with E-state index < -0.39 is 37.4 Å². The fraction of sp³-hybridized carbons (Fsp3) is 0.528. The molecule has 0 saturated heterocycles. The Labute approximate surface area is 304 Å². The molecule has 2 atom stereocenters. The highest BCUT2D eigenvalue weighted by Crippen LogP contribution is 2.33. The first-order chi connectivity index (χ1) is 24.7. The molecule has 16 heteroatoms. The molecule has 2 heterocycles. The van der Waals surface area contributed by atoms with Crippen molar-refractivity contribution in [1.82, 2.24) is 30.2 Å². The van der Waals surface area contributed by atoms with Crippen LogP contribution in [-0.4, -0.2) is 83.7 Å². The van der Waals surface area contributed by atoms with Gasteiger partial charge in [-0.25, -0.2) is 4.79 Å². The van der Waals surface area contributed by atoms with E-state index in [9.17, 15) is 24.0 Å². The third-order valence-electron chi connectivity index (χ3n) is 8.95. The first-order valence-electron chi connectivity index (χ1n) is 17.8. The van der Waals surface area contributed by atoms with Crippen LogP contribution >= 0.6 is 0 Å². The summed E-state index contributed by atoms with van der Waals surface area (Å²) in [6, 6.07) is 7.50. The Morgan fingerprint density at radius 1 is 1.06 bits per heavy atom. The van der Waals surface area contributed by atoms with Gasteiger partial charge in [-0.3, -0.25) is 23.7 Å². The highest BCUT2D eigenvalue weighted by atomic mass is 28.3. The number of unbranched alkanes of at least 4 members (excludes halogenated alkanes) is 1. The second-order valence-corrected chi connectivity index (χ2v) is 20.2. The minimum Gasteiger partial charge on any atom is -0.465 e. The molecule has 2 aromatic heterocycles. The summed E-state index contributed by atoms with van der Waals surface area (Å²) in [6.07, 6.45) is 7.05. The number of nitrogens with two attached hydrogens (primary N) is 1. The number of hydrogen-bond donors (Lipinski definition) is 5. The van der Waals surface area contributed by atoms with Crippen molar-refractivity contribution in [3.8, 4) is 0 Å². The lowest BCUT2D eigenvalue weighted by Crippen LogP contribution is -2.42.